The van der Waals surface area contributed by atoms with Gasteiger partial charge in [-0.3, -0.25) is 0 Å². The van der Waals surface area contributed by atoms with E-state index in [1.165, 1.54) is 0 Å². The number of anilines is 1. The van der Waals surface area contributed by atoms with Crippen LogP contribution in [0, 0.1) is 11.3 Å². The Labute approximate surface area is 91.0 Å². The molecule has 0 saturated carbocycles. The molecule has 5 heteroatoms. The molecule has 0 atom stereocenters. The van der Waals surface area contributed by atoms with Crippen molar-refractivity contribution in [1.29, 1.82) is 5.26 Å². The van der Waals surface area contributed by atoms with E-state index in [1.807, 2.05) is 0 Å². The summed E-state index contributed by atoms with van der Waals surface area (Å²) >= 11 is 3.25. The SMILES string of the molecule is COCCNc1ncc(Br)cc1C#N. The molecule has 0 aliphatic heterocycles. The number of halogens is 1. The van der Waals surface area contributed by atoms with Gasteiger partial charge in [0.15, 0.2) is 0 Å². The highest BCUT2D eigenvalue weighted by Gasteiger charge is 2.02. The van der Waals surface area contributed by atoms with Gasteiger partial charge in [-0.1, -0.05) is 0 Å². The number of nitrogens with one attached hydrogen (secondary N) is 1. The van der Waals surface area contributed by atoms with Gasteiger partial charge in [0.05, 0.1) is 12.2 Å². The predicted molar refractivity (Wildman–Crippen MR) is 57.0 cm³/mol. The van der Waals surface area contributed by atoms with Gasteiger partial charge in [-0.2, -0.15) is 5.26 Å². The number of aromatic nitrogens is 1. The Morgan fingerprint density at radius 3 is 3.14 bits per heavy atom. The predicted octanol–water partition coefficient (Wildman–Crippen LogP) is 1.77. The van der Waals surface area contributed by atoms with E-state index in [4.69, 9.17) is 10.00 Å². The van der Waals surface area contributed by atoms with Gasteiger partial charge in [0, 0.05) is 24.3 Å². The number of nitriles is 1. The van der Waals surface area contributed by atoms with Gasteiger partial charge < -0.3 is 10.1 Å². The zero-order valence-corrected chi connectivity index (χ0v) is 9.34. The quantitative estimate of drug-likeness (QED) is 0.834. The second-order valence-corrected chi connectivity index (χ2v) is 3.50. The molecule has 0 bridgehead atoms. The minimum absolute atomic E-state index is 0.524. The van der Waals surface area contributed by atoms with Crippen LogP contribution >= 0.6 is 15.9 Å². The van der Waals surface area contributed by atoms with E-state index < -0.39 is 0 Å². The molecular weight excluding hydrogens is 246 g/mol. The Morgan fingerprint density at radius 1 is 1.71 bits per heavy atom. The lowest BCUT2D eigenvalue weighted by molar-refractivity contribution is 0.210. The Morgan fingerprint density at radius 2 is 2.50 bits per heavy atom. The highest BCUT2D eigenvalue weighted by atomic mass is 79.9. The van der Waals surface area contributed by atoms with E-state index in [9.17, 15) is 0 Å². The van der Waals surface area contributed by atoms with Crippen LogP contribution in [0.2, 0.25) is 0 Å². The summed E-state index contributed by atoms with van der Waals surface area (Å²) in [5, 5.41) is 11.8. The smallest absolute Gasteiger partial charge is 0.144 e. The van der Waals surface area contributed by atoms with Crippen molar-refractivity contribution in [3.05, 3.63) is 22.3 Å². The highest BCUT2D eigenvalue weighted by Crippen LogP contribution is 2.16. The van der Waals surface area contributed by atoms with Crippen molar-refractivity contribution in [2.75, 3.05) is 25.6 Å². The Kier molecular flexibility index (Phi) is 4.36. The molecule has 0 unspecified atom stereocenters. The number of hydrogen-bond acceptors (Lipinski definition) is 4. The zero-order valence-electron chi connectivity index (χ0n) is 7.75. The average Bonchev–Trinajstić information content (AvgIpc) is 2.20. The molecule has 0 fully saturated rings. The summed E-state index contributed by atoms with van der Waals surface area (Å²) in [7, 11) is 1.63. The molecule has 0 amide bonds. The van der Waals surface area contributed by atoms with Crippen molar-refractivity contribution in [2.45, 2.75) is 0 Å². The number of nitrogens with zero attached hydrogens (tertiary/aromatic N) is 2. The molecule has 0 spiro atoms. The molecule has 14 heavy (non-hydrogen) atoms. The van der Waals surface area contributed by atoms with Crippen LogP contribution in [0.5, 0.6) is 0 Å². The molecule has 0 radical (unpaired) electrons. The molecule has 1 aromatic heterocycles. The number of ether oxygens (including phenoxy) is 1. The summed E-state index contributed by atoms with van der Waals surface area (Å²) in [6, 6.07) is 3.79. The van der Waals surface area contributed by atoms with Crippen LogP contribution in [0.15, 0.2) is 16.7 Å². The van der Waals surface area contributed by atoms with E-state index in [-0.39, 0.29) is 0 Å². The van der Waals surface area contributed by atoms with Crippen LogP contribution in [-0.4, -0.2) is 25.2 Å². The number of hydrogen-bond donors (Lipinski definition) is 1. The topological polar surface area (TPSA) is 57.9 Å². The fraction of sp³-hybridized carbons (Fsp3) is 0.333. The first-order chi connectivity index (χ1) is 6.77. The van der Waals surface area contributed by atoms with Crippen LogP contribution in [0.1, 0.15) is 5.56 Å². The van der Waals surface area contributed by atoms with Crippen molar-refractivity contribution in [1.82, 2.24) is 4.98 Å². The summed E-state index contributed by atoms with van der Waals surface area (Å²) in [5.41, 5.74) is 0.524. The number of methoxy groups -OCH3 is 1. The maximum absolute atomic E-state index is 8.82. The van der Waals surface area contributed by atoms with E-state index >= 15 is 0 Å². The van der Waals surface area contributed by atoms with Gasteiger partial charge >= 0.3 is 0 Å². The summed E-state index contributed by atoms with van der Waals surface area (Å²) in [4.78, 5) is 4.08. The number of pyridine rings is 1. The second kappa shape index (κ2) is 5.58. The van der Waals surface area contributed by atoms with Crippen LogP contribution in [0.25, 0.3) is 0 Å². The van der Waals surface area contributed by atoms with Crippen LogP contribution in [-0.2, 0) is 4.74 Å². The van der Waals surface area contributed by atoms with E-state index in [1.54, 1.807) is 19.4 Å². The van der Waals surface area contributed by atoms with Gasteiger partial charge in [0.25, 0.3) is 0 Å². The summed E-state index contributed by atoms with van der Waals surface area (Å²) < 4.78 is 5.68. The van der Waals surface area contributed by atoms with Crippen LogP contribution in [0.3, 0.4) is 0 Å². The van der Waals surface area contributed by atoms with Crippen LogP contribution < -0.4 is 5.32 Å². The average molecular weight is 256 g/mol. The molecule has 0 aliphatic carbocycles. The first kappa shape index (κ1) is 11.0. The molecule has 0 aromatic carbocycles. The highest BCUT2D eigenvalue weighted by molar-refractivity contribution is 9.10. The van der Waals surface area contributed by atoms with Gasteiger partial charge in [0.1, 0.15) is 11.9 Å². The Balaban J connectivity index is 2.72. The molecule has 1 heterocycles. The fourth-order valence-corrected chi connectivity index (χ4v) is 1.27. The van der Waals surface area contributed by atoms with Crippen molar-refractivity contribution < 1.29 is 4.74 Å². The van der Waals surface area contributed by atoms with Crippen molar-refractivity contribution in [3.8, 4) is 6.07 Å². The van der Waals surface area contributed by atoms with Gasteiger partial charge in [-0.15, -0.1) is 0 Å². The molecule has 0 aliphatic rings. The molecular formula is C9H10BrN3O. The third-order valence-electron chi connectivity index (χ3n) is 1.57. The van der Waals surface area contributed by atoms with Crippen molar-refractivity contribution in [3.63, 3.8) is 0 Å². The Hall–Kier alpha value is -1.12. The summed E-state index contributed by atoms with van der Waals surface area (Å²) in [6.45, 7) is 1.22. The molecule has 1 aromatic rings. The van der Waals surface area contributed by atoms with E-state index in [0.29, 0.717) is 24.5 Å². The summed E-state index contributed by atoms with van der Waals surface area (Å²) in [5.74, 6) is 0.591. The van der Waals surface area contributed by atoms with Gasteiger partial charge in [-0.25, -0.2) is 4.98 Å². The van der Waals surface area contributed by atoms with Gasteiger partial charge in [0.2, 0.25) is 0 Å². The molecule has 1 rings (SSSR count). The molecule has 1 N–H and O–H groups in total. The molecule has 0 saturated heterocycles. The second-order valence-electron chi connectivity index (χ2n) is 2.58. The van der Waals surface area contributed by atoms with Gasteiger partial charge in [-0.05, 0) is 22.0 Å². The standard InChI is InChI=1S/C9H10BrN3O/c1-14-3-2-12-9-7(5-11)4-8(10)6-13-9/h4,6H,2-3H2,1H3,(H,12,13). The lowest BCUT2D eigenvalue weighted by Gasteiger charge is -2.06. The third kappa shape index (κ3) is 2.98. The monoisotopic (exact) mass is 255 g/mol. The maximum atomic E-state index is 8.82. The number of rotatable bonds is 4. The van der Waals surface area contributed by atoms with Crippen molar-refractivity contribution >= 4 is 21.7 Å². The first-order valence-electron chi connectivity index (χ1n) is 4.06. The summed E-state index contributed by atoms with van der Waals surface area (Å²) in [6.07, 6.45) is 1.65. The van der Waals surface area contributed by atoms with E-state index in [2.05, 4.69) is 32.3 Å². The fourth-order valence-electron chi connectivity index (χ4n) is 0.937. The zero-order chi connectivity index (χ0) is 10.4. The minimum atomic E-state index is 0.524. The molecule has 4 nitrogen and oxygen atoms in total. The minimum Gasteiger partial charge on any atom is -0.383 e. The van der Waals surface area contributed by atoms with Crippen molar-refractivity contribution in [2.24, 2.45) is 0 Å². The van der Waals surface area contributed by atoms with E-state index in [0.717, 1.165) is 4.47 Å². The normalized spacial score (nSPS) is 9.50. The maximum Gasteiger partial charge on any atom is 0.144 e. The lowest BCUT2D eigenvalue weighted by Crippen LogP contribution is -2.09. The Bertz CT molecular complexity index is 348. The largest absolute Gasteiger partial charge is 0.383 e. The third-order valence-corrected chi connectivity index (χ3v) is 2.01. The van der Waals surface area contributed by atoms with Crippen LogP contribution in [0.4, 0.5) is 5.82 Å². The molecule has 74 valence electrons. The lowest BCUT2D eigenvalue weighted by atomic mass is 10.3. The first-order valence-corrected chi connectivity index (χ1v) is 4.85.